The second-order valence-electron chi connectivity index (χ2n) is 2.80. The van der Waals surface area contributed by atoms with Crippen LogP contribution in [0.5, 0.6) is 0 Å². The summed E-state index contributed by atoms with van der Waals surface area (Å²) in [5.74, 6) is 0. The highest BCUT2D eigenvalue weighted by Crippen LogP contribution is 2.26. The standard InChI is InChI=1S/C10H7N5S/c11-7-12-15-14-10-13-9(6-16-10)8-4-2-1-3-5-8/h1-6H,(H,12,13,14). The molecule has 0 atom stereocenters. The molecule has 0 fully saturated rings. The molecule has 1 N–H and O–H groups in total. The molecule has 16 heavy (non-hydrogen) atoms. The zero-order valence-electron chi connectivity index (χ0n) is 8.16. The van der Waals surface area contributed by atoms with Gasteiger partial charge < -0.3 is 0 Å². The van der Waals surface area contributed by atoms with Crippen LogP contribution in [0.25, 0.3) is 11.3 Å². The lowest BCUT2D eigenvalue weighted by molar-refractivity contribution is 0.884. The van der Waals surface area contributed by atoms with E-state index in [-0.39, 0.29) is 0 Å². The molecule has 0 bridgehead atoms. The van der Waals surface area contributed by atoms with Gasteiger partial charge in [0, 0.05) is 10.9 Å². The lowest BCUT2D eigenvalue weighted by Crippen LogP contribution is -1.88. The SMILES string of the molecule is N#CN/N=N/c1nc(-c2ccccc2)cs1. The van der Waals surface area contributed by atoms with E-state index >= 15 is 0 Å². The van der Waals surface area contributed by atoms with Crippen molar-refractivity contribution >= 4 is 16.5 Å². The van der Waals surface area contributed by atoms with E-state index in [1.165, 1.54) is 11.3 Å². The van der Waals surface area contributed by atoms with Crippen LogP contribution in [0.15, 0.2) is 46.0 Å². The molecule has 1 aromatic carbocycles. The van der Waals surface area contributed by atoms with Crippen LogP contribution >= 0.6 is 11.3 Å². The van der Waals surface area contributed by atoms with Gasteiger partial charge in [0.1, 0.15) is 0 Å². The summed E-state index contributed by atoms with van der Waals surface area (Å²) >= 11 is 1.37. The van der Waals surface area contributed by atoms with Gasteiger partial charge in [-0.25, -0.2) is 4.98 Å². The summed E-state index contributed by atoms with van der Waals surface area (Å²) in [5.41, 5.74) is 3.97. The third-order valence-corrected chi connectivity index (χ3v) is 2.52. The fraction of sp³-hybridized carbons (Fsp3) is 0. The Kier molecular flexibility index (Phi) is 3.21. The fourth-order valence-electron chi connectivity index (χ4n) is 1.14. The Morgan fingerprint density at radius 2 is 2.12 bits per heavy atom. The zero-order chi connectivity index (χ0) is 11.2. The summed E-state index contributed by atoms with van der Waals surface area (Å²) < 4.78 is 0. The Bertz CT molecular complexity index is 526. The molecule has 2 rings (SSSR count). The first kappa shape index (κ1) is 10.3. The molecule has 0 saturated heterocycles. The van der Waals surface area contributed by atoms with Gasteiger partial charge in [0.2, 0.25) is 5.13 Å². The highest BCUT2D eigenvalue weighted by Gasteiger charge is 2.02. The minimum Gasteiger partial charge on any atom is -0.217 e. The number of hydrogen-bond acceptors (Lipinski definition) is 5. The van der Waals surface area contributed by atoms with Crippen molar-refractivity contribution in [3.8, 4) is 17.5 Å². The maximum absolute atomic E-state index is 8.20. The average molecular weight is 229 g/mol. The molecular formula is C10H7N5S. The van der Waals surface area contributed by atoms with Gasteiger partial charge in [0.25, 0.3) is 0 Å². The number of nitrogens with zero attached hydrogens (tertiary/aromatic N) is 4. The number of aromatic nitrogens is 1. The first-order chi connectivity index (χ1) is 7.90. The summed E-state index contributed by atoms with van der Waals surface area (Å²) in [6, 6.07) is 9.81. The molecule has 0 aliphatic rings. The van der Waals surface area contributed by atoms with Gasteiger partial charge in [0.15, 0.2) is 6.19 Å². The van der Waals surface area contributed by atoms with Crippen molar-refractivity contribution in [1.82, 2.24) is 10.4 Å². The summed E-state index contributed by atoms with van der Waals surface area (Å²) in [6.45, 7) is 0. The van der Waals surface area contributed by atoms with Gasteiger partial charge in [-0.2, -0.15) is 10.7 Å². The van der Waals surface area contributed by atoms with E-state index in [0.29, 0.717) is 5.13 Å². The molecule has 0 spiro atoms. The number of rotatable bonds is 3. The number of benzene rings is 1. The quantitative estimate of drug-likeness (QED) is 0.380. The predicted octanol–water partition coefficient (Wildman–Crippen LogP) is 2.88. The Hall–Kier alpha value is -2.26. The van der Waals surface area contributed by atoms with E-state index in [1.54, 1.807) is 6.19 Å². The van der Waals surface area contributed by atoms with Crippen LogP contribution in [0.4, 0.5) is 5.13 Å². The van der Waals surface area contributed by atoms with E-state index in [1.807, 2.05) is 35.7 Å². The van der Waals surface area contributed by atoms with Crippen LogP contribution in [0, 0.1) is 11.5 Å². The Morgan fingerprint density at radius 3 is 2.88 bits per heavy atom. The van der Waals surface area contributed by atoms with Gasteiger partial charge in [-0.15, -0.1) is 11.3 Å². The van der Waals surface area contributed by atoms with E-state index in [4.69, 9.17) is 5.26 Å². The monoisotopic (exact) mass is 229 g/mol. The van der Waals surface area contributed by atoms with Crippen molar-refractivity contribution < 1.29 is 0 Å². The molecular weight excluding hydrogens is 222 g/mol. The van der Waals surface area contributed by atoms with Crippen molar-refractivity contribution in [2.45, 2.75) is 0 Å². The first-order valence-electron chi connectivity index (χ1n) is 4.46. The molecule has 6 heteroatoms. The minimum atomic E-state index is 0.515. The Labute approximate surface area is 96.1 Å². The summed E-state index contributed by atoms with van der Waals surface area (Å²) in [5, 5.41) is 17.8. The summed E-state index contributed by atoms with van der Waals surface area (Å²) in [7, 11) is 0. The van der Waals surface area contributed by atoms with Crippen LogP contribution in [-0.2, 0) is 0 Å². The summed E-state index contributed by atoms with van der Waals surface area (Å²) in [6.07, 6.45) is 1.64. The Balaban J connectivity index is 2.18. The van der Waals surface area contributed by atoms with E-state index in [9.17, 15) is 0 Å². The molecule has 1 aromatic heterocycles. The number of nitriles is 1. The predicted molar refractivity (Wildman–Crippen MR) is 60.8 cm³/mol. The zero-order valence-corrected chi connectivity index (χ0v) is 8.98. The van der Waals surface area contributed by atoms with Crippen molar-refractivity contribution in [3.63, 3.8) is 0 Å². The van der Waals surface area contributed by atoms with Gasteiger partial charge >= 0.3 is 0 Å². The number of hydrogen-bond donors (Lipinski definition) is 1. The molecule has 78 valence electrons. The van der Waals surface area contributed by atoms with Crippen LogP contribution in [-0.4, -0.2) is 4.98 Å². The average Bonchev–Trinajstić information content (AvgIpc) is 2.79. The fourth-order valence-corrected chi connectivity index (χ4v) is 1.79. The maximum atomic E-state index is 8.20. The van der Waals surface area contributed by atoms with Crippen molar-refractivity contribution in [2.75, 3.05) is 0 Å². The second-order valence-corrected chi connectivity index (χ2v) is 3.64. The first-order valence-corrected chi connectivity index (χ1v) is 5.34. The lowest BCUT2D eigenvalue weighted by atomic mass is 10.2. The summed E-state index contributed by atoms with van der Waals surface area (Å²) in [4.78, 5) is 4.26. The minimum absolute atomic E-state index is 0.515. The van der Waals surface area contributed by atoms with Crippen molar-refractivity contribution in [2.24, 2.45) is 10.3 Å². The van der Waals surface area contributed by atoms with Gasteiger partial charge in [-0.1, -0.05) is 40.7 Å². The lowest BCUT2D eigenvalue weighted by Gasteiger charge is -1.92. The highest BCUT2D eigenvalue weighted by molar-refractivity contribution is 7.13. The largest absolute Gasteiger partial charge is 0.232 e. The normalized spacial score (nSPS) is 10.2. The van der Waals surface area contributed by atoms with E-state index in [2.05, 4.69) is 20.7 Å². The van der Waals surface area contributed by atoms with E-state index in [0.717, 1.165) is 11.3 Å². The molecule has 0 radical (unpaired) electrons. The molecule has 2 aromatic rings. The molecule has 0 saturated carbocycles. The van der Waals surface area contributed by atoms with Crippen molar-refractivity contribution in [3.05, 3.63) is 35.7 Å². The third-order valence-electron chi connectivity index (χ3n) is 1.80. The van der Waals surface area contributed by atoms with Crippen LogP contribution in [0.2, 0.25) is 0 Å². The van der Waals surface area contributed by atoms with Gasteiger partial charge in [-0.3, -0.25) is 0 Å². The smallest absolute Gasteiger partial charge is 0.217 e. The van der Waals surface area contributed by atoms with E-state index < -0.39 is 0 Å². The molecule has 0 aliphatic carbocycles. The Morgan fingerprint density at radius 1 is 1.31 bits per heavy atom. The number of nitrogens with one attached hydrogen (secondary N) is 1. The third kappa shape index (κ3) is 2.40. The molecule has 0 unspecified atom stereocenters. The van der Waals surface area contributed by atoms with Crippen LogP contribution in [0.3, 0.4) is 0 Å². The van der Waals surface area contributed by atoms with Gasteiger partial charge in [-0.05, 0) is 0 Å². The van der Waals surface area contributed by atoms with Crippen LogP contribution < -0.4 is 5.43 Å². The number of thiazole rings is 1. The maximum Gasteiger partial charge on any atom is 0.232 e. The van der Waals surface area contributed by atoms with Crippen LogP contribution in [0.1, 0.15) is 0 Å². The highest BCUT2D eigenvalue weighted by atomic mass is 32.1. The topological polar surface area (TPSA) is 73.4 Å². The van der Waals surface area contributed by atoms with Crippen molar-refractivity contribution in [1.29, 1.82) is 5.26 Å². The molecule has 0 aliphatic heterocycles. The molecule has 1 heterocycles. The van der Waals surface area contributed by atoms with Gasteiger partial charge in [0.05, 0.1) is 5.69 Å². The second kappa shape index (κ2) is 5.00. The molecule has 5 nitrogen and oxygen atoms in total. The molecule has 0 amide bonds.